The Bertz CT molecular complexity index is 662. The third-order valence-electron chi connectivity index (χ3n) is 6.10. The van der Waals surface area contributed by atoms with Crippen LogP contribution in [0.3, 0.4) is 0 Å². The fourth-order valence-electron chi connectivity index (χ4n) is 4.16. The monoisotopic (exact) mass is 416 g/mol. The lowest BCUT2D eigenvalue weighted by atomic mass is 10.1. The number of likely N-dealkylation sites (tertiary alicyclic amines) is 1. The molecule has 0 bridgehead atoms. The van der Waals surface area contributed by atoms with Crippen molar-refractivity contribution in [1.29, 1.82) is 0 Å². The van der Waals surface area contributed by atoms with Gasteiger partial charge in [-0.2, -0.15) is 0 Å². The molecule has 168 valence electrons. The van der Waals surface area contributed by atoms with Gasteiger partial charge in [-0.05, 0) is 25.8 Å². The number of urea groups is 1. The summed E-state index contributed by atoms with van der Waals surface area (Å²) in [7, 11) is 0. The predicted molar refractivity (Wildman–Crippen MR) is 121 cm³/mol. The van der Waals surface area contributed by atoms with Gasteiger partial charge in [-0.15, -0.1) is 0 Å². The predicted octanol–water partition coefficient (Wildman–Crippen LogP) is 6.25. The SMILES string of the molecule is CCCCCCCCCCCCN(Cc1ccccc1O)C(=O)N1C(=O)CC[C@H]1C. The molecule has 1 saturated heterocycles. The van der Waals surface area contributed by atoms with E-state index in [-0.39, 0.29) is 23.7 Å². The van der Waals surface area contributed by atoms with Crippen molar-refractivity contribution >= 4 is 11.9 Å². The molecule has 0 aromatic heterocycles. The van der Waals surface area contributed by atoms with Gasteiger partial charge >= 0.3 is 6.03 Å². The molecule has 1 aromatic rings. The highest BCUT2D eigenvalue weighted by Crippen LogP contribution is 2.24. The molecule has 1 N–H and O–H groups in total. The number of carbonyl (C=O) groups is 2. The molecule has 1 aliphatic rings. The summed E-state index contributed by atoms with van der Waals surface area (Å²) in [5, 5.41) is 10.1. The first kappa shape index (κ1) is 24.2. The fraction of sp³-hybridized carbons (Fsp3) is 0.680. The molecule has 1 heterocycles. The molecule has 5 heteroatoms. The van der Waals surface area contributed by atoms with E-state index < -0.39 is 0 Å². The summed E-state index contributed by atoms with van der Waals surface area (Å²) in [5.74, 6) is 0.108. The zero-order valence-corrected chi connectivity index (χ0v) is 18.9. The van der Waals surface area contributed by atoms with E-state index >= 15 is 0 Å². The third kappa shape index (κ3) is 7.66. The summed E-state index contributed by atoms with van der Waals surface area (Å²) in [6.45, 7) is 5.12. The molecule has 1 fully saturated rings. The largest absolute Gasteiger partial charge is 0.508 e. The third-order valence-corrected chi connectivity index (χ3v) is 6.10. The lowest BCUT2D eigenvalue weighted by Crippen LogP contribution is -2.46. The summed E-state index contributed by atoms with van der Waals surface area (Å²) < 4.78 is 0. The van der Waals surface area contributed by atoms with Crippen molar-refractivity contribution in [3.8, 4) is 5.75 Å². The molecule has 0 radical (unpaired) electrons. The number of unbranched alkanes of at least 4 members (excludes halogenated alkanes) is 9. The Morgan fingerprint density at radius 1 is 1.03 bits per heavy atom. The van der Waals surface area contributed by atoms with E-state index in [1.54, 1.807) is 17.0 Å². The van der Waals surface area contributed by atoms with E-state index in [9.17, 15) is 14.7 Å². The molecule has 1 aromatic carbocycles. The maximum absolute atomic E-state index is 13.1. The molecule has 0 spiro atoms. The van der Waals surface area contributed by atoms with Crippen molar-refractivity contribution in [3.63, 3.8) is 0 Å². The number of aromatic hydroxyl groups is 1. The lowest BCUT2D eigenvalue weighted by Gasteiger charge is -2.29. The van der Waals surface area contributed by atoms with Gasteiger partial charge < -0.3 is 10.0 Å². The molecular weight excluding hydrogens is 376 g/mol. The molecule has 1 aliphatic heterocycles. The van der Waals surface area contributed by atoms with Crippen molar-refractivity contribution < 1.29 is 14.7 Å². The molecule has 3 amide bonds. The Labute approximate surface area is 182 Å². The highest BCUT2D eigenvalue weighted by atomic mass is 16.3. The first-order valence-electron chi connectivity index (χ1n) is 11.9. The van der Waals surface area contributed by atoms with Crippen molar-refractivity contribution in [2.45, 2.75) is 103 Å². The zero-order chi connectivity index (χ0) is 21.8. The van der Waals surface area contributed by atoms with Gasteiger partial charge in [-0.1, -0.05) is 82.9 Å². The minimum Gasteiger partial charge on any atom is -0.508 e. The molecule has 0 aliphatic carbocycles. The molecule has 5 nitrogen and oxygen atoms in total. The van der Waals surface area contributed by atoms with Gasteiger partial charge in [0.1, 0.15) is 5.75 Å². The Morgan fingerprint density at radius 2 is 1.63 bits per heavy atom. The van der Waals surface area contributed by atoms with Crippen LogP contribution in [0.5, 0.6) is 5.75 Å². The number of amides is 3. The van der Waals surface area contributed by atoms with E-state index in [2.05, 4.69) is 6.92 Å². The normalized spacial score (nSPS) is 16.3. The standard InChI is InChI=1S/C25H40N2O3/c1-3-4-5-6-7-8-9-10-11-14-19-26(20-22-15-12-13-16-23(22)28)25(30)27-21(2)17-18-24(27)29/h12-13,15-16,21,28H,3-11,14,17-20H2,1-2H3/t21-/m1/s1. The van der Waals surface area contributed by atoms with Crippen LogP contribution in [0.15, 0.2) is 24.3 Å². The van der Waals surface area contributed by atoms with Gasteiger partial charge in [-0.3, -0.25) is 9.69 Å². The minimum absolute atomic E-state index is 0.0513. The molecule has 2 rings (SSSR count). The van der Waals surface area contributed by atoms with E-state index in [1.807, 2.05) is 19.1 Å². The molecular formula is C25H40N2O3. The van der Waals surface area contributed by atoms with E-state index in [4.69, 9.17) is 0 Å². The summed E-state index contributed by atoms with van der Waals surface area (Å²) in [4.78, 5) is 28.5. The number of phenols is 1. The number of imide groups is 1. The maximum Gasteiger partial charge on any atom is 0.327 e. The van der Waals surface area contributed by atoms with Crippen LogP contribution in [-0.2, 0) is 11.3 Å². The van der Waals surface area contributed by atoms with Gasteiger partial charge in [0, 0.05) is 24.6 Å². The van der Waals surface area contributed by atoms with Crippen molar-refractivity contribution in [1.82, 2.24) is 9.80 Å². The molecule has 30 heavy (non-hydrogen) atoms. The second-order valence-corrected chi connectivity index (χ2v) is 8.67. The van der Waals surface area contributed by atoms with Crippen molar-refractivity contribution in [3.05, 3.63) is 29.8 Å². The number of phenolic OH excluding ortho intramolecular Hbond substituents is 1. The number of benzene rings is 1. The number of nitrogens with zero attached hydrogens (tertiary/aromatic N) is 2. The van der Waals surface area contributed by atoms with Crippen LogP contribution >= 0.6 is 0 Å². The van der Waals surface area contributed by atoms with Gasteiger partial charge in [0.15, 0.2) is 0 Å². The van der Waals surface area contributed by atoms with Gasteiger partial charge in [0.05, 0.1) is 6.54 Å². The van der Waals surface area contributed by atoms with Crippen LogP contribution in [-0.4, -0.2) is 39.4 Å². The highest BCUT2D eigenvalue weighted by Gasteiger charge is 2.35. The number of hydrogen-bond donors (Lipinski definition) is 1. The fourth-order valence-corrected chi connectivity index (χ4v) is 4.16. The summed E-state index contributed by atoms with van der Waals surface area (Å²) in [6.07, 6.45) is 13.6. The van der Waals surface area contributed by atoms with Crippen LogP contribution in [0.25, 0.3) is 0 Å². The second kappa shape index (κ2) is 13.3. The second-order valence-electron chi connectivity index (χ2n) is 8.67. The quantitative estimate of drug-likeness (QED) is 0.387. The zero-order valence-electron chi connectivity index (χ0n) is 18.9. The maximum atomic E-state index is 13.1. The number of carbonyl (C=O) groups excluding carboxylic acids is 2. The Morgan fingerprint density at radius 3 is 2.20 bits per heavy atom. The molecule has 1 atom stereocenters. The average Bonchev–Trinajstić information content (AvgIpc) is 3.07. The first-order chi connectivity index (χ1) is 14.5. The van der Waals surface area contributed by atoms with E-state index in [0.29, 0.717) is 19.5 Å². The first-order valence-corrected chi connectivity index (χ1v) is 11.9. The number of rotatable bonds is 13. The van der Waals surface area contributed by atoms with Crippen LogP contribution < -0.4 is 0 Å². The summed E-state index contributed by atoms with van der Waals surface area (Å²) >= 11 is 0. The van der Waals surface area contributed by atoms with E-state index in [0.717, 1.165) is 24.8 Å². The highest BCUT2D eigenvalue weighted by molar-refractivity contribution is 5.96. The molecule has 0 saturated carbocycles. The van der Waals surface area contributed by atoms with Crippen LogP contribution in [0.2, 0.25) is 0 Å². The van der Waals surface area contributed by atoms with Gasteiger partial charge in [0.2, 0.25) is 5.91 Å². The molecule has 0 unspecified atom stereocenters. The Kier molecular flexibility index (Phi) is 10.7. The summed E-state index contributed by atoms with van der Waals surface area (Å²) in [5.41, 5.74) is 0.720. The number of hydrogen-bond acceptors (Lipinski definition) is 3. The van der Waals surface area contributed by atoms with Gasteiger partial charge in [0.25, 0.3) is 0 Å². The Balaban J connectivity index is 1.82. The van der Waals surface area contributed by atoms with E-state index in [1.165, 1.54) is 56.3 Å². The van der Waals surface area contributed by atoms with Crippen LogP contribution in [0, 0.1) is 0 Å². The topological polar surface area (TPSA) is 60.9 Å². The van der Waals surface area contributed by atoms with Crippen LogP contribution in [0.1, 0.15) is 96.5 Å². The van der Waals surface area contributed by atoms with Crippen molar-refractivity contribution in [2.24, 2.45) is 0 Å². The number of para-hydroxylation sites is 1. The Hall–Kier alpha value is -2.04. The van der Waals surface area contributed by atoms with Gasteiger partial charge in [-0.25, -0.2) is 4.79 Å². The summed E-state index contributed by atoms with van der Waals surface area (Å²) in [6, 6.07) is 6.85. The smallest absolute Gasteiger partial charge is 0.327 e. The minimum atomic E-state index is -0.218. The average molecular weight is 417 g/mol. The lowest BCUT2D eigenvalue weighted by molar-refractivity contribution is -0.126. The van der Waals surface area contributed by atoms with Crippen molar-refractivity contribution in [2.75, 3.05) is 6.54 Å². The van der Waals surface area contributed by atoms with Crippen LogP contribution in [0.4, 0.5) is 4.79 Å².